The fourth-order valence-electron chi connectivity index (χ4n) is 3.27. The van der Waals surface area contributed by atoms with E-state index in [0.29, 0.717) is 33.9 Å². The van der Waals surface area contributed by atoms with Gasteiger partial charge in [-0.1, -0.05) is 35.3 Å². The van der Waals surface area contributed by atoms with E-state index < -0.39 is 0 Å². The molecule has 4 aromatic rings. The van der Waals surface area contributed by atoms with Crippen LogP contribution in [0.3, 0.4) is 0 Å². The molecule has 0 saturated heterocycles. The Morgan fingerprint density at radius 1 is 1.09 bits per heavy atom. The first-order valence-corrected chi connectivity index (χ1v) is 11.6. The molecular formula is C24H21Cl2N3O2S. The average molecular weight is 486 g/mol. The summed E-state index contributed by atoms with van der Waals surface area (Å²) in [5.41, 5.74) is 4.15. The summed E-state index contributed by atoms with van der Waals surface area (Å²) in [6.07, 6.45) is 1.79. The van der Waals surface area contributed by atoms with Crippen LogP contribution >= 0.6 is 34.5 Å². The monoisotopic (exact) mass is 485 g/mol. The van der Waals surface area contributed by atoms with Crippen molar-refractivity contribution in [3.8, 4) is 5.75 Å². The fraction of sp³-hybridized carbons (Fsp3) is 0.167. The largest absolute Gasteiger partial charge is 0.489 e. The van der Waals surface area contributed by atoms with Crippen molar-refractivity contribution in [2.75, 3.05) is 5.32 Å². The molecule has 0 aliphatic carbocycles. The maximum atomic E-state index is 12.6. The highest BCUT2D eigenvalue weighted by Crippen LogP contribution is 2.23. The second kappa shape index (κ2) is 9.77. The number of rotatable bonds is 7. The summed E-state index contributed by atoms with van der Waals surface area (Å²) >= 11 is 13.5. The van der Waals surface area contributed by atoms with E-state index >= 15 is 0 Å². The van der Waals surface area contributed by atoms with Crippen LogP contribution in [0.1, 0.15) is 31.9 Å². The fourth-order valence-corrected chi connectivity index (χ4v) is 4.53. The Hall–Kier alpha value is -2.80. The number of nitrogens with one attached hydrogen (secondary N) is 1. The summed E-state index contributed by atoms with van der Waals surface area (Å²) < 4.78 is 7.59. The minimum atomic E-state index is -0.206. The topological polar surface area (TPSA) is 56.1 Å². The van der Waals surface area contributed by atoms with Gasteiger partial charge >= 0.3 is 0 Å². The summed E-state index contributed by atoms with van der Waals surface area (Å²) in [7, 11) is 0. The Kier molecular flexibility index (Phi) is 6.84. The maximum Gasteiger partial charge on any atom is 0.266 e. The number of aryl methyl sites for hydroxylation is 2. The van der Waals surface area contributed by atoms with Crippen LogP contribution < -0.4 is 10.1 Å². The lowest BCUT2D eigenvalue weighted by Crippen LogP contribution is -2.11. The Morgan fingerprint density at radius 2 is 1.88 bits per heavy atom. The molecule has 0 radical (unpaired) electrons. The normalized spacial score (nSPS) is 10.9. The molecule has 0 bridgehead atoms. The summed E-state index contributed by atoms with van der Waals surface area (Å²) in [6, 6.07) is 15.0. The van der Waals surface area contributed by atoms with Crippen molar-refractivity contribution in [2.45, 2.75) is 27.0 Å². The Labute approximate surface area is 200 Å². The molecule has 0 aliphatic rings. The maximum absolute atomic E-state index is 12.6. The van der Waals surface area contributed by atoms with Crippen molar-refractivity contribution in [2.24, 2.45) is 0 Å². The minimum absolute atomic E-state index is 0.206. The van der Waals surface area contributed by atoms with Crippen LogP contribution in [-0.2, 0) is 13.2 Å². The van der Waals surface area contributed by atoms with Gasteiger partial charge in [0.2, 0.25) is 0 Å². The molecule has 0 aliphatic heterocycles. The van der Waals surface area contributed by atoms with Gasteiger partial charge in [-0.05, 0) is 66.2 Å². The van der Waals surface area contributed by atoms with Gasteiger partial charge in [-0.3, -0.25) is 9.48 Å². The Morgan fingerprint density at radius 3 is 2.62 bits per heavy atom. The predicted molar refractivity (Wildman–Crippen MR) is 130 cm³/mol. The lowest BCUT2D eigenvalue weighted by atomic mass is 10.1. The summed E-state index contributed by atoms with van der Waals surface area (Å²) in [5, 5.41) is 10.3. The zero-order chi connectivity index (χ0) is 22.7. The van der Waals surface area contributed by atoms with Crippen LogP contribution in [0.15, 0.2) is 60.1 Å². The number of nitrogens with zero attached hydrogens (tertiary/aromatic N) is 2. The zero-order valence-corrected chi connectivity index (χ0v) is 19.9. The smallest absolute Gasteiger partial charge is 0.266 e. The van der Waals surface area contributed by atoms with Crippen LogP contribution in [0.2, 0.25) is 10.0 Å². The number of benzene rings is 2. The van der Waals surface area contributed by atoms with E-state index in [9.17, 15) is 4.79 Å². The molecular weight excluding hydrogens is 465 g/mol. The van der Waals surface area contributed by atoms with E-state index in [0.717, 1.165) is 28.0 Å². The molecule has 2 aromatic heterocycles. The van der Waals surface area contributed by atoms with Crippen LogP contribution in [0.5, 0.6) is 5.75 Å². The molecule has 5 nitrogen and oxygen atoms in total. The van der Waals surface area contributed by atoms with Crippen molar-refractivity contribution in [3.05, 3.63) is 97.3 Å². The molecule has 32 heavy (non-hydrogen) atoms. The van der Waals surface area contributed by atoms with E-state index in [1.165, 1.54) is 11.3 Å². The number of hydrogen-bond donors (Lipinski definition) is 1. The highest BCUT2D eigenvalue weighted by Gasteiger charge is 2.12. The second-order valence-corrected chi connectivity index (χ2v) is 9.27. The standard InChI is InChI=1S/C24H21Cl2N3O2S/c1-15-7-16(2)9-20(8-15)31-13-17-10-22(32-14-17)24(30)27-23-5-6-29(28-23)12-18-3-4-19(25)11-21(18)26/h3-11,14H,12-13H2,1-2H3,(H,27,28,30). The van der Waals surface area contributed by atoms with E-state index in [-0.39, 0.29) is 5.91 Å². The molecule has 2 heterocycles. The molecule has 164 valence electrons. The average Bonchev–Trinajstić information content (AvgIpc) is 3.37. The van der Waals surface area contributed by atoms with Gasteiger partial charge in [0.05, 0.1) is 11.4 Å². The van der Waals surface area contributed by atoms with E-state index in [2.05, 4.69) is 16.5 Å². The number of aromatic nitrogens is 2. The number of thiophene rings is 1. The van der Waals surface area contributed by atoms with Crippen molar-refractivity contribution in [1.29, 1.82) is 0 Å². The Bertz CT molecular complexity index is 1250. The van der Waals surface area contributed by atoms with Crippen LogP contribution in [0.25, 0.3) is 0 Å². The quantitative estimate of drug-likeness (QED) is 0.315. The number of carbonyl (C=O) groups is 1. The number of amides is 1. The molecule has 1 amide bonds. The second-order valence-electron chi connectivity index (χ2n) is 7.52. The molecule has 0 atom stereocenters. The first kappa shape index (κ1) is 22.4. The summed E-state index contributed by atoms with van der Waals surface area (Å²) in [4.78, 5) is 13.2. The molecule has 0 unspecified atom stereocenters. The van der Waals surface area contributed by atoms with Gasteiger partial charge in [-0.2, -0.15) is 5.10 Å². The molecule has 0 saturated carbocycles. The van der Waals surface area contributed by atoms with Crippen molar-refractivity contribution in [1.82, 2.24) is 9.78 Å². The van der Waals surface area contributed by atoms with E-state index in [4.69, 9.17) is 27.9 Å². The molecule has 1 N–H and O–H groups in total. The van der Waals surface area contributed by atoms with Gasteiger partial charge in [0.15, 0.2) is 5.82 Å². The first-order chi connectivity index (χ1) is 15.4. The highest BCUT2D eigenvalue weighted by atomic mass is 35.5. The summed E-state index contributed by atoms with van der Waals surface area (Å²) in [6.45, 7) is 4.96. The van der Waals surface area contributed by atoms with E-state index in [1.54, 1.807) is 29.1 Å². The lowest BCUT2D eigenvalue weighted by molar-refractivity contribution is 0.103. The molecule has 8 heteroatoms. The third kappa shape index (κ3) is 5.71. The number of halogens is 2. The van der Waals surface area contributed by atoms with Gasteiger partial charge in [0.1, 0.15) is 12.4 Å². The number of hydrogen-bond acceptors (Lipinski definition) is 4. The molecule has 2 aromatic carbocycles. The highest BCUT2D eigenvalue weighted by molar-refractivity contribution is 7.12. The predicted octanol–water partition coefficient (Wildman–Crippen LogP) is 6.75. The molecule has 4 rings (SSSR count). The number of anilines is 1. The molecule has 0 spiro atoms. The lowest BCUT2D eigenvalue weighted by Gasteiger charge is -2.07. The Balaban J connectivity index is 1.35. The zero-order valence-electron chi connectivity index (χ0n) is 17.6. The third-order valence-electron chi connectivity index (χ3n) is 4.71. The van der Waals surface area contributed by atoms with Crippen LogP contribution in [-0.4, -0.2) is 15.7 Å². The number of ether oxygens (including phenoxy) is 1. The van der Waals surface area contributed by atoms with Crippen LogP contribution in [0, 0.1) is 13.8 Å². The first-order valence-electron chi connectivity index (χ1n) is 9.93. The van der Waals surface area contributed by atoms with E-state index in [1.807, 2.05) is 43.5 Å². The van der Waals surface area contributed by atoms with Crippen molar-refractivity contribution < 1.29 is 9.53 Å². The summed E-state index contributed by atoms with van der Waals surface area (Å²) in [5.74, 6) is 1.09. The van der Waals surface area contributed by atoms with Crippen LogP contribution in [0.4, 0.5) is 5.82 Å². The van der Waals surface area contributed by atoms with Crippen molar-refractivity contribution in [3.63, 3.8) is 0 Å². The van der Waals surface area contributed by atoms with Gasteiger partial charge in [-0.15, -0.1) is 11.3 Å². The van der Waals surface area contributed by atoms with Gasteiger partial charge in [0.25, 0.3) is 5.91 Å². The van der Waals surface area contributed by atoms with Crippen molar-refractivity contribution >= 4 is 46.3 Å². The minimum Gasteiger partial charge on any atom is -0.489 e. The van der Waals surface area contributed by atoms with Gasteiger partial charge < -0.3 is 10.1 Å². The van der Waals surface area contributed by atoms with Gasteiger partial charge in [0, 0.05) is 27.9 Å². The van der Waals surface area contributed by atoms with Gasteiger partial charge in [-0.25, -0.2) is 0 Å². The number of carbonyl (C=O) groups excluding carboxylic acids is 1. The molecule has 0 fully saturated rings. The third-order valence-corrected chi connectivity index (χ3v) is 6.27. The SMILES string of the molecule is Cc1cc(C)cc(OCc2csc(C(=O)Nc3ccn(Cc4ccc(Cl)cc4Cl)n3)c2)c1.